The van der Waals surface area contributed by atoms with Crippen molar-refractivity contribution in [2.24, 2.45) is 0 Å². The van der Waals surface area contributed by atoms with Crippen molar-refractivity contribution in [2.45, 2.75) is 6.42 Å². The summed E-state index contributed by atoms with van der Waals surface area (Å²) in [5, 5.41) is 0.592. The summed E-state index contributed by atoms with van der Waals surface area (Å²) in [6, 6.07) is 14.2. The van der Waals surface area contributed by atoms with Crippen LogP contribution in [0.2, 0.25) is 5.02 Å². The molecule has 128 valence electrons. The van der Waals surface area contributed by atoms with E-state index in [4.69, 9.17) is 27.9 Å². The van der Waals surface area contributed by atoms with Gasteiger partial charge in [0.15, 0.2) is 0 Å². The maximum absolute atomic E-state index is 12.7. The Labute approximate surface area is 155 Å². The number of halogens is 2. The van der Waals surface area contributed by atoms with Crippen LogP contribution in [-0.2, 0) is 16.0 Å². The molecule has 0 radical (unpaired) electrons. The fourth-order valence-corrected chi connectivity index (χ4v) is 3.07. The van der Waals surface area contributed by atoms with Gasteiger partial charge in [-0.05, 0) is 41.8 Å². The van der Waals surface area contributed by atoms with Crippen molar-refractivity contribution in [1.29, 1.82) is 0 Å². The molecule has 0 atom stereocenters. The van der Waals surface area contributed by atoms with Gasteiger partial charge >= 0.3 is 0 Å². The van der Waals surface area contributed by atoms with Crippen LogP contribution in [0.5, 0.6) is 5.75 Å². The van der Waals surface area contributed by atoms with E-state index in [2.05, 4.69) is 0 Å². The number of ether oxygens (including phenoxy) is 1. The minimum absolute atomic E-state index is 0.0497. The van der Waals surface area contributed by atoms with Gasteiger partial charge in [-0.3, -0.25) is 14.5 Å². The number of carbonyl (C=O) groups excluding carboxylic acids is 2. The Balaban J connectivity index is 1.77. The number of hydrogen-bond donors (Lipinski definition) is 0. The molecule has 2 amide bonds. The standard InChI is InChI=1S/C19H15Cl2NO3/c1-25-15-8-4-13(5-9-15)16-17(21)19(24)22(18(16)23)11-10-12-2-6-14(20)7-3-12/h2-9H,10-11H2,1H3. The Morgan fingerprint density at radius 1 is 0.920 bits per heavy atom. The first-order valence-corrected chi connectivity index (χ1v) is 8.41. The molecule has 0 spiro atoms. The predicted octanol–water partition coefficient (Wildman–Crippen LogP) is 3.91. The Bertz CT molecular complexity index is 842. The number of rotatable bonds is 5. The molecule has 2 aromatic carbocycles. The van der Waals surface area contributed by atoms with Crippen LogP contribution in [-0.4, -0.2) is 30.4 Å². The summed E-state index contributed by atoms with van der Waals surface area (Å²) >= 11 is 12.0. The average Bonchev–Trinajstić information content (AvgIpc) is 2.84. The van der Waals surface area contributed by atoms with Crippen molar-refractivity contribution in [3.8, 4) is 5.75 Å². The Hall–Kier alpha value is -2.30. The number of benzene rings is 2. The molecule has 1 aliphatic rings. The monoisotopic (exact) mass is 375 g/mol. The number of carbonyl (C=O) groups is 2. The van der Waals surface area contributed by atoms with Gasteiger partial charge in [0.25, 0.3) is 11.8 Å². The summed E-state index contributed by atoms with van der Waals surface area (Å²) in [5.74, 6) is -0.183. The molecule has 0 aliphatic carbocycles. The third-order valence-electron chi connectivity index (χ3n) is 4.03. The van der Waals surface area contributed by atoms with Crippen LogP contribution in [0.15, 0.2) is 53.6 Å². The highest BCUT2D eigenvalue weighted by Crippen LogP contribution is 2.32. The van der Waals surface area contributed by atoms with Crippen molar-refractivity contribution in [2.75, 3.05) is 13.7 Å². The smallest absolute Gasteiger partial charge is 0.273 e. The highest BCUT2D eigenvalue weighted by molar-refractivity contribution is 6.55. The zero-order chi connectivity index (χ0) is 18.0. The van der Waals surface area contributed by atoms with Crippen molar-refractivity contribution < 1.29 is 14.3 Å². The van der Waals surface area contributed by atoms with Gasteiger partial charge in [-0.15, -0.1) is 0 Å². The molecule has 0 bridgehead atoms. The highest BCUT2D eigenvalue weighted by atomic mass is 35.5. The minimum Gasteiger partial charge on any atom is -0.497 e. The van der Waals surface area contributed by atoms with Crippen molar-refractivity contribution in [3.63, 3.8) is 0 Å². The van der Waals surface area contributed by atoms with Crippen LogP contribution in [0.25, 0.3) is 5.57 Å². The number of amides is 2. The summed E-state index contributed by atoms with van der Waals surface area (Å²) in [6.45, 7) is 0.259. The van der Waals surface area contributed by atoms with E-state index < -0.39 is 5.91 Å². The molecule has 0 saturated heterocycles. The molecule has 0 fully saturated rings. The van der Waals surface area contributed by atoms with Gasteiger partial charge in [0, 0.05) is 11.6 Å². The number of nitrogens with zero attached hydrogens (tertiary/aromatic N) is 1. The van der Waals surface area contributed by atoms with E-state index in [0.717, 1.165) is 5.56 Å². The molecule has 0 aromatic heterocycles. The fourth-order valence-electron chi connectivity index (χ4n) is 2.65. The van der Waals surface area contributed by atoms with Crippen LogP contribution in [0.3, 0.4) is 0 Å². The molecular formula is C19H15Cl2NO3. The predicted molar refractivity (Wildman–Crippen MR) is 97.6 cm³/mol. The molecule has 1 heterocycles. The van der Waals surface area contributed by atoms with E-state index in [1.165, 1.54) is 4.90 Å². The second-order valence-corrected chi connectivity index (χ2v) is 6.37. The summed E-state index contributed by atoms with van der Waals surface area (Å²) in [7, 11) is 1.56. The van der Waals surface area contributed by atoms with Gasteiger partial charge in [-0.2, -0.15) is 0 Å². The van der Waals surface area contributed by atoms with Gasteiger partial charge in [0.1, 0.15) is 10.8 Å². The van der Waals surface area contributed by atoms with Crippen LogP contribution in [0.4, 0.5) is 0 Å². The summed E-state index contributed by atoms with van der Waals surface area (Å²) in [4.78, 5) is 26.2. The van der Waals surface area contributed by atoms with Crippen LogP contribution in [0, 0.1) is 0 Å². The lowest BCUT2D eigenvalue weighted by Crippen LogP contribution is -2.33. The maximum Gasteiger partial charge on any atom is 0.273 e. The van der Waals surface area contributed by atoms with Gasteiger partial charge < -0.3 is 4.74 Å². The Morgan fingerprint density at radius 2 is 1.56 bits per heavy atom. The van der Waals surface area contributed by atoms with E-state index in [-0.39, 0.29) is 23.1 Å². The highest BCUT2D eigenvalue weighted by Gasteiger charge is 2.37. The lowest BCUT2D eigenvalue weighted by Gasteiger charge is -2.15. The quantitative estimate of drug-likeness (QED) is 0.744. The van der Waals surface area contributed by atoms with Crippen molar-refractivity contribution in [1.82, 2.24) is 4.90 Å². The number of imide groups is 1. The third kappa shape index (κ3) is 3.55. The molecule has 3 rings (SSSR count). The first-order valence-electron chi connectivity index (χ1n) is 7.66. The van der Waals surface area contributed by atoms with Crippen molar-refractivity contribution >= 4 is 40.6 Å². The maximum atomic E-state index is 12.7. The largest absolute Gasteiger partial charge is 0.497 e. The van der Waals surface area contributed by atoms with E-state index in [1.54, 1.807) is 43.5 Å². The zero-order valence-electron chi connectivity index (χ0n) is 13.5. The van der Waals surface area contributed by atoms with Gasteiger partial charge in [0.2, 0.25) is 0 Å². The number of hydrogen-bond acceptors (Lipinski definition) is 3. The van der Waals surface area contributed by atoms with Crippen LogP contribution < -0.4 is 4.74 Å². The minimum atomic E-state index is -0.466. The SMILES string of the molecule is COc1ccc(C2=C(Cl)C(=O)N(CCc3ccc(Cl)cc3)C2=O)cc1. The third-order valence-corrected chi connectivity index (χ3v) is 4.63. The van der Waals surface area contributed by atoms with E-state index in [0.29, 0.717) is 22.8 Å². The lowest BCUT2D eigenvalue weighted by molar-refractivity contribution is -0.136. The number of methoxy groups -OCH3 is 1. The van der Waals surface area contributed by atoms with Gasteiger partial charge in [0.05, 0.1) is 12.7 Å². The molecular weight excluding hydrogens is 361 g/mol. The molecule has 0 unspecified atom stereocenters. The van der Waals surface area contributed by atoms with E-state index in [1.807, 2.05) is 12.1 Å². The Morgan fingerprint density at radius 3 is 2.16 bits per heavy atom. The van der Waals surface area contributed by atoms with E-state index in [9.17, 15) is 9.59 Å². The second-order valence-electron chi connectivity index (χ2n) is 5.56. The molecule has 4 nitrogen and oxygen atoms in total. The van der Waals surface area contributed by atoms with E-state index >= 15 is 0 Å². The first-order chi connectivity index (χ1) is 12.0. The topological polar surface area (TPSA) is 46.6 Å². The fraction of sp³-hybridized carbons (Fsp3) is 0.158. The molecule has 25 heavy (non-hydrogen) atoms. The summed E-state index contributed by atoms with van der Waals surface area (Å²) < 4.78 is 5.10. The normalized spacial score (nSPS) is 14.4. The summed E-state index contributed by atoms with van der Waals surface area (Å²) in [6.07, 6.45) is 0.536. The molecule has 0 saturated carbocycles. The van der Waals surface area contributed by atoms with Crippen molar-refractivity contribution in [3.05, 3.63) is 69.7 Å². The van der Waals surface area contributed by atoms with Gasteiger partial charge in [-0.1, -0.05) is 47.5 Å². The first kappa shape index (κ1) is 17.5. The lowest BCUT2D eigenvalue weighted by atomic mass is 10.1. The van der Waals surface area contributed by atoms with Gasteiger partial charge in [-0.25, -0.2) is 0 Å². The van der Waals surface area contributed by atoms with Crippen LogP contribution in [0.1, 0.15) is 11.1 Å². The molecule has 6 heteroatoms. The molecule has 1 aliphatic heterocycles. The van der Waals surface area contributed by atoms with Crippen LogP contribution >= 0.6 is 23.2 Å². The Kier molecular flexibility index (Phi) is 5.11. The molecule has 2 aromatic rings. The molecule has 0 N–H and O–H groups in total. The second kappa shape index (κ2) is 7.30. The zero-order valence-corrected chi connectivity index (χ0v) is 15.0. The average molecular weight is 376 g/mol. The summed E-state index contributed by atoms with van der Waals surface area (Å²) in [5.41, 5.74) is 1.81.